The fourth-order valence-corrected chi connectivity index (χ4v) is 2.70. The lowest BCUT2D eigenvalue weighted by atomic mass is 9.97. The second-order valence-corrected chi connectivity index (χ2v) is 6.01. The molecule has 0 spiro atoms. The van der Waals surface area contributed by atoms with Gasteiger partial charge in [0.2, 0.25) is 0 Å². The molecule has 1 saturated heterocycles. The van der Waals surface area contributed by atoms with Crippen LogP contribution in [0, 0.1) is 5.82 Å². The molecule has 0 aliphatic carbocycles. The number of rotatable bonds is 2. The summed E-state index contributed by atoms with van der Waals surface area (Å²) in [5.41, 5.74) is 3.46. The van der Waals surface area contributed by atoms with E-state index in [1.165, 1.54) is 12.1 Å². The van der Waals surface area contributed by atoms with Crippen LogP contribution in [0.2, 0.25) is 0 Å². The summed E-state index contributed by atoms with van der Waals surface area (Å²) in [7, 11) is 0. The van der Waals surface area contributed by atoms with Crippen LogP contribution >= 0.6 is 0 Å². The molecule has 0 radical (unpaired) electrons. The third kappa shape index (κ3) is 2.02. The molecule has 1 unspecified atom stereocenters. The lowest BCUT2D eigenvalue weighted by molar-refractivity contribution is 0.323. The standard InChI is InChI=1S/C17H16FNO2/c1-10-8-20-16-13(10)7-14(17(2)9-21-17)19-15(16)11-3-5-12(18)6-4-11/h3-7,10H,8-9H2,1-2H3/t10?,17-/m0/s1. The fraction of sp³-hybridized carbons (Fsp3) is 0.353. The number of pyridine rings is 1. The second-order valence-electron chi connectivity index (χ2n) is 6.01. The van der Waals surface area contributed by atoms with Crippen LogP contribution in [-0.2, 0) is 10.3 Å². The number of fused-ring (bicyclic) bond motifs is 1. The molecule has 2 aliphatic heterocycles. The summed E-state index contributed by atoms with van der Waals surface area (Å²) in [6.07, 6.45) is 0. The molecule has 4 rings (SSSR count). The molecule has 4 heteroatoms. The molecule has 21 heavy (non-hydrogen) atoms. The van der Waals surface area contributed by atoms with Crippen molar-refractivity contribution < 1.29 is 13.9 Å². The molecule has 0 N–H and O–H groups in total. The SMILES string of the molecule is CC1COc2c1cc([C@]1(C)CO1)nc2-c1ccc(F)cc1. The highest BCUT2D eigenvalue weighted by Gasteiger charge is 2.44. The molecule has 2 aliphatic rings. The summed E-state index contributed by atoms with van der Waals surface area (Å²) in [6, 6.07) is 8.47. The molecule has 0 saturated carbocycles. The van der Waals surface area contributed by atoms with Gasteiger partial charge in [0, 0.05) is 17.0 Å². The molecular formula is C17H16FNO2. The second kappa shape index (κ2) is 4.28. The van der Waals surface area contributed by atoms with E-state index < -0.39 is 0 Å². The van der Waals surface area contributed by atoms with E-state index in [-0.39, 0.29) is 11.4 Å². The first-order chi connectivity index (χ1) is 10.1. The zero-order valence-electron chi connectivity index (χ0n) is 12.0. The van der Waals surface area contributed by atoms with Gasteiger partial charge < -0.3 is 9.47 Å². The van der Waals surface area contributed by atoms with Crippen LogP contribution in [0.15, 0.2) is 30.3 Å². The van der Waals surface area contributed by atoms with E-state index in [9.17, 15) is 4.39 Å². The summed E-state index contributed by atoms with van der Waals surface area (Å²) in [6.45, 7) is 5.53. The minimum Gasteiger partial charge on any atom is -0.490 e. The molecular weight excluding hydrogens is 269 g/mol. The monoisotopic (exact) mass is 285 g/mol. The number of benzene rings is 1. The van der Waals surface area contributed by atoms with Gasteiger partial charge in [-0.05, 0) is 37.3 Å². The average molecular weight is 285 g/mol. The lowest BCUT2D eigenvalue weighted by Gasteiger charge is -2.13. The van der Waals surface area contributed by atoms with Crippen molar-refractivity contribution in [3.05, 3.63) is 47.4 Å². The van der Waals surface area contributed by atoms with Crippen molar-refractivity contribution in [3.63, 3.8) is 0 Å². The maximum absolute atomic E-state index is 13.1. The number of hydrogen-bond donors (Lipinski definition) is 0. The molecule has 0 amide bonds. The minimum atomic E-state index is -0.286. The quantitative estimate of drug-likeness (QED) is 0.790. The van der Waals surface area contributed by atoms with Crippen molar-refractivity contribution in [2.45, 2.75) is 25.4 Å². The number of nitrogens with zero attached hydrogens (tertiary/aromatic N) is 1. The highest BCUT2D eigenvalue weighted by Crippen LogP contribution is 2.45. The van der Waals surface area contributed by atoms with Gasteiger partial charge in [0.05, 0.1) is 18.9 Å². The predicted octanol–water partition coefficient (Wildman–Crippen LogP) is 3.63. The Kier molecular flexibility index (Phi) is 2.60. The summed E-state index contributed by atoms with van der Waals surface area (Å²) in [5.74, 6) is 0.906. The molecule has 0 bridgehead atoms. The van der Waals surface area contributed by atoms with Crippen molar-refractivity contribution in [3.8, 4) is 17.0 Å². The van der Waals surface area contributed by atoms with Crippen molar-refractivity contribution in [1.29, 1.82) is 0 Å². The van der Waals surface area contributed by atoms with Gasteiger partial charge in [0.25, 0.3) is 0 Å². The highest BCUT2D eigenvalue weighted by molar-refractivity contribution is 5.70. The smallest absolute Gasteiger partial charge is 0.149 e. The number of epoxide rings is 1. The summed E-state index contributed by atoms with van der Waals surface area (Å²) >= 11 is 0. The van der Waals surface area contributed by atoms with Gasteiger partial charge in [-0.2, -0.15) is 0 Å². The first-order valence-electron chi connectivity index (χ1n) is 7.15. The van der Waals surface area contributed by atoms with E-state index in [1.54, 1.807) is 12.1 Å². The van der Waals surface area contributed by atoms with E-state index in [4.69, 9.17) is 14.5 Å². The number of halogens is 1. The van der Waals surface area contributed by atoms with Gasteiger partial charge in [-0.3, -0.25) is 0 Å². The van der Waals surface area contributed by atoms with Crippen LogP contribution in [-0.4, -0.2) is 18.2 Å². The topological polar surface area (TPSA) is 34.6 Å². The van der Waals surface area contributed by atoms with Gasteiger partial charge in [-0.25, -0.2) is 9.37 Å². The molecule has 1 fully saturated rings. The van der Waals surface area contributed by atoms with Gasteiger partial charge in [0.1, 0.15) is 22.9 Å². The predicted molar refractivity (Wildman–Crippen MR) is 76.8 cm³/mol. The van der Waals surface area contributed by atoms with Gasteiger partial charge in [-0.1, -0.05) is 6.92 Å². The maximum atomic E-state index is 13.1. The van der Waals surface area contributed by atoms with Crippen molar-refractivity contribution in [2.24, 2.45) is 0 Å². The Bertz CT molecular complexity index is 707. The molecule has 1 aromatic heterocycles. The van der Waals surface area contributed by atoms with Crippen LogP contribution in [0.1, 0.15) is 31.0 Å². The van der Waals surface area contributed by atoms with Gasteiger partial charge >= 0.3 is 0 Å². The van der Waals surface area contributed by atoms with Crippen LogP contribution in [0.5, 0.6) is 5.75 Å². The van der Waals surface area contributed by atoms with Crippen LogP contribution < -0.4 is 4.74 Å². The Morgan fingerprint density at radius 2 is 2.00 bits per heavy atom. The highest BCUT2D eigenvalue weighted by atomic mass is 19.1. The van der Waals surface area contributed by atoms with Crippen LogP contribution in [0.25, 0.3) is 11.3 Å². The van der Waals surface area contributed by atoms with E-state index in [0.717, 1.165) is 28.3 Å². The lowest BCUT2D eigenvalue weighted by Crippen LogP contribution is -2.07. The number of ether oxygens (including phenoxy) is 2. The summed E-state index contributed by atoms with van der Waals surface area (Å²) < 4.78 is 24.5. The van der Waals surface area contributed by atoms with E-state index in [1.807, 2.05) is 6.92 Å². The van der Waals surface area contributed by atoms with E-state index in [0.29, 0.717) is 19.1 Å². The van der Waals surface area contributed by atoms with E-state index >= 15 is 0 Å². The molecule has 1 aromatic carbocycles. The van der Waals surface area contributed by atoms with Crippen LogP contribution in [0.4, 0.5) is 4.39 Å². The largest absolute Gasteiger partial charge is 0.490 e. The first kappa shape index (κ1) is 12.8. The molecule has 3 nitrogen and oxygen atoms in total. The summed E-state index contributed by atoms with van der Waals surface area (Å²) in [5, 5.41) is 0. The first-order valence-corrected chi connectivity index (χ1v) is 7.15. The van der Waals surface area contributed by atoms with Crippen molar-refractivity contribution >= 4 is 0 Å². The normalized spacial score (nSPS) is 26.3. The molecule has 3 heterocycles. The van der Waals surface area contributed by atoms with E-state index in [2.05, 4.69) is 13.0 Å². The molecule has 2 atom stereocenters. The third-order valence-corrected chi connectivity index (χ3v) is 4.25. The fourth-order valence-electron chi connectivity index (χ4n) is 2.70. The number of aromatic nitrogens is 1. The minimum absolute atomic E-state index is 0.252. The van der Waals surface area contributed by atoms with Gasteiger partial charge in [0.15, 0.2) is 0 Å². The number of hydrogen-bond acceptors (Lipinski definition) is 3. The average Bonchev–Trinajstić information content (AvgIpc) is 3.13. The summed E-state index contributed by atoms with van der Waals surface area (Å²) in [4.78, 5) is 4.74. The Morgan fingerprint density at radius 1 is 1.29 bits per heavy atom. The Balaban J connectivity index is 1.91. The zero-order valence-corrected chi connectivity index (χ0v) is 12.0. The molecule has 108 valence electrons. The maximum Gasteiger partial charge on any atom is 0.149 e. The zero-order chi connectivity index (χ0) is 14.6. The molecule has 2 aromatic rings. The Labute approximate surface area is 122 Å². The van der Waals surface area contributed by atoms with Gasteiger partial charge in [-0.15, -0.1) is 0 Å². The third-order valence-electron chi connectivity index (χ3n) is 4.25. The van der Waals surface area contributed by atoms with Crippen LogP contribution in [0.3, 0.4) is 0 Å². The van der Waals surface area contributed by atoms with Crippen molar-refractivity contribution in [1.82, 2.24) is 4.98 Å². The van der Waals surface area contributed by atoms with Crippen molar-refractivity contribution in [2.75, 3.05) is 13.2 Å². The Hall–Kier alpha value is -1.94. The Morgan fingerprint density at radius 3 is 2.67 bits per heavy atom.